The minimum absolute atomic E-state index is 0.145. The van der Waals surface area contributed by atoms with E-state index in [9.17, 15) is 13.2 Å². The van der Waals surface area contributed by atoms with Gasteiger partial charge in [-0.2, -0.15) is 5.10 Å². The Bertz CT molecular complexity index is 1620. The van der Waals surface area contributed by atoms with Gasteiger partial charge in [0, 0.05) is 27.5 Å². The van der Waals surface area contributed by atoms with Crippen LogP contribution in [0.2, 0.25) is 5.02 Å². The fourth-order valence-electron chi connectivity index (χ4n) is 4.58. The Hall–Kier alpha value is -3.88. The van der Waals surface area contributed by atoms with Crippen LogP contribution in [0.5, 0.6) is 0 Å². The van der Waals surface area contributed by atoms with Crippen molar-refractivity contribution < 1.29 is 13.2 Å². The summed E-state index contributed by atoms with van der Waals surface area (Å²) in [5, 5.41) is 4.75. The van der Waals surface area contributed by atoms with E-state index >= 15 is 0 Å². The molecule has 0 radical (unpaired) electrons. The summed E-state index contributed by atoms with van der Waals surface area (Å²) < 4.78 is 28.4. The Morgan fingerprint density at radius 3 is 2.18 bits per heavy atom. The van der Waals surface area contributed by atoms with Gasteiger partial charge in [-0.15, -0.1) is 0 Å². The van der Waals surface area contributed by atoms with E-state index in [0.717, 1.165) is 34.5 Å². The summed E-state index contributed by atoms with van der Waals surface area (Å²) in [7, 11) is -3.56. The average molecular weight is 563 g/mol. The first-order valence-corrected chi connectivity index (χ1v) is 14.6. The van der Waals surface area contributed by atoms with E-state index in [-0.39, 0.29) is 6.54 Å². The maximum absolute atomic E-state index is 12.7. The van der Waals surface area contributed by atoms with E-state index in [1.165, 1.54) is 15.4 Å². The minimum Gasteiger partial charge on any atom is -0.317 e. The van der Waals surface area contributed by atoms with Crippen LogP contribution < -0.4 is 9.73 Å². The fraction of sp³-hybridized carbons (Fsp3) is 0.200. The van der Waals surface area contributed by atoms with Crippen molar-refractivity contribution in [2.24, 2.45) is 5.10 Å². The number of benzene rings is 3. The number of hydrogen-bond donors (Lipinski definition) is 1. The molecular weight excluding hydrogens is 532 g/mol. The zero-order valence-electron chi connectivity index (χ0n) is 22.6. The number of hydrazone groups is 1. The Morgan fingerprint density at radius 1 is 0.974 bits per heavy atom. The number of carbonyl (C=O) groups is 1. The molecule has 4 aromatic rings. The highest BCUT2D eigenvalue weighted by Crippen LogP contribution is 2.26. The van der Waals surface area contributed by atoms with Gasteiger partial charge in [0.25, 0.3) is 5.91 Å². The van der Waals surface area contributed by atoms with Crippen molar-refractivity contribution in [2.45, 2.75) is 34.2 Å². The van der Waals surface area contributed by atoms with E-state index in [1.54, 1.807) is 54.7 Å². The van der Waals surface area contributed by atoms with E-state index in [2.05, 4.69) is 41.1 Å². The largest absolute Gasteiger partial charge is 0.317 e. The molecule has 0 saturated carbocycles. The van der Waals surface area contributed by atoms with Crippen LogP contribution in [0, 0.1) is 27.7 Å². The molecule has 0 unspecified atom stereocenters. The summed E-state index contributed by atoms with van der Waals surface area (Å²) in [6.07, 6.45) is 2.78. The molecule has 202 valence electrons. The van der Waals surface area contributed by atoms with Gasteiger partial charge in [0.05, 0.1) is 30.4 Å². The molecule has 0 fully saturated rings. The van der Waals surface area contributed by atoms with Gasteiger partial charge in [0.15, 0.2) is 0 Å². The van der Waals surface area contributed by atoms with Crippen molar-refractivity contribution in [3.05, 3.63) is 117 Å². The quantitative estimate of drug-likeness (QED) is 0.208. The summed E-state index contributed by atoms with van der Waals surface area (Å²) in [4.78, 5) is 12.7. The average Bonchev–Trinajstić information content (AvgIpc) is 3.15. The molecule has 7 nitrogen and oxygen atoms in total. The third-order valence-electron chi connectivity index (χ3n) is 6.56. The molecule has 0 bridgehead atoms. The van der Waals surface area contributed by atoms with Crippen molar-refractivity contribution in [1.82, 2.24) is 9.99 Å². The molecule has 0 spiro atoms. The molecular formula is C30H31ClN4O3S. The molecule has 9 heteroatoms. The SMILES string of the molecule is Cc1cccc(C)c1-n1c(C)cc(/C=N\NC(=O)c2ccc(N(Cc3ccc(Cl)cc3)S(C)(=O)=O)cc2)c1C. The summed E-state index contributed by atoms with van der Waals surface area (Å²) in [5.74, 6) is -0.398. The third-order valence-corrected chi connectivity index (χ3v) is 7.95. The normalized spacial score (nSPS) is 11.6. The summed E-state index contributed by atoms with van der Waals surface area (Å²) >= 11 is 5.94. The highest BCUT2D eigenvalue weighted by atomic mass is 35.5. The van der Waals surface area contributed by atoms with Crippen molar-refractivity contribution in [3.8, 4) is 5.69 Å². The second-order valence-electron chi connectivity index (χ2n) is 9.54. The molecule has 3 aromatic carbocycles. The van der Waals surface area contributed by atoms with Gasteiger partial charge in [0.1, 0.15) is 0 Å². The predicted molar refractivity (Wildman–Crippen MR) is 159 cm³/mol. The number of para-hydroxylation sites is 1. The summed E-state index contributed by atoms with van der Waals surface area (Å²) in [6, 6.07) is 21.6. The minimum atomic E-state index is -3.56. The number of halogens is 1. The van der Waals surface area contributed by atoms with Crippen molar-refractivity contribution in [3.63, 3.8) is 0 Å². The van der Waals surface area contributed by atoms with Gasteiger partial charge in [-0.1, -0.05) is 41.9 Å². The molecule has 4 rings (SSSR count). The Balaban J connectivity index is 1.48. The van der Waals surface area contributed by atoms with Gasteiger partial charge < -0.3 is 4.57 Å². The van der Waals surface area contributed by atoms with Gasteiger partial charge in [-0.05, 0) is 86.8 Å². The molecule has 1 amide bonds. The number of anilines is 1. The van der Waals surface area contributed by atoms with Crippen molar-refractivity contribution in [2.75, 3.05) is 10.6 Å². The number of amides is 1. The van der Waals surface area contributed by atoms with Gasteiger partial charge in [-0.25, -0.2) is 13.8 Å². The molecule has 0 aliphatic rings. The lowest BCUT2D eigenvalue weighted by Crippen LogP contribution is -2.29. The van der Waals surface area contributed by atoms with E-state index in [1.807, 2.05) is 26.0 Å². The number of carbonyl (C=O) groups excluding carboxylic acids is 1. The first-order chi connectivity index (χ1) is 18.5. The smallest absolute Gasteiger partial charge is 0.271 e. The fourth-order valence-corrected chi connectivity index (χ4v) is 5.59. The first-order valence-electron chi connectivity index (χ1n) is 12.4. The lowest BCUT2D eigenvalue weighted by Gasteiger charge is -2.22. The van der Waals surface area contributed by atoms with Crippen LogP contribution in [-0.2, 0) is 16.6 Å². The number of hydrogen-bond acceptors (Lipinski definition) is 4. The van der Waals surface area contributed by atoms with Crippen LogP contribution in [0.15, 0.2) is 77.9 Å². The zero-order chi connectivity index (χ0) is 28.3. The zero-order valence-corrected chi connectivity index (χ0v) is 24.1. The number of nitrogens with one attached hydrogen (secondary N) is 1. The molecule has 0 aliphatic carbocycles. The maximum Gasteiger partial charge on any atom is 0.271 e. The van der Waals surface area contributed by atoms with Gasteiger partial charge >= 0.3 is 0 Å². The second-order valence-corrected chi connectivity index (χ2v) is 11.9. The highest BCUT2D eigenvalue weighted by molar-refractivity contribution is 7.92. The van der Waals surface area contributed by atoms with E-state index in [0.29, 0.717) is 16.3 Å². The van der Waals surface area contributed by atoms with E-state index < -0.39 is 15.9 Å². The molecule has 0 atom stereocenters. The second kappa shape index (κ2) is 11.5. The topological polar surface area (TPSA) is 83.8 Å². The molecule has 0 saturated heterocycles. The van der Waals surface area contributed by atoms with Gasteiger partial charge in [-0.3, -0.25) is 9.10 Å². The van der Waals surface area contributed by atoms with Crippen LogP contribution in [0.3, 0.4) is 0 Å². The third kappa shape index (κ3) is 6.41. The number of rotatable bonds is 8. The maximum atomic E-state index is 12.7. The molecule has 1 N–H and O–H groups in total. The van der Waals surface area contributed by atoms with Crippen LogP contribution in [0.1, 0.15) is 44.0 Å². The molecule has 1 aromatic heterocycles. The number of nitrogens with zero attached hydrogens (tertiary/aromatic N) is 3. The Morgan fingerprint density at radius 2 is 1.59 bits per heavy atom. The van der Waals surface area contributed by atoms with Crippen molar-refractivity contribution in [1.29, 1.82) is 0 Å². The first kappa shape index (κ1) is 28.1. The number of aryl methyl sites for hydroxylation is 3. The molecule has 39 heavy (non-hydrogen) atoms. The number of aromatic nitrogens is 1. The standard InChI is InChI=1S/C30H31ClN4O3S/c1-20-7-6-8-21(2)29(20)35-22(3)17-26(23(35)4)18-32-33-30(36)25-11-15-28(16-12-25)34(39(5,37)38)19-24-9-13-27(31)14-10-24/h6-18H,19H2,1-5H3,(H,33,36)/b32-18-. The Labute approximate surface area is 234 Å². The van der Waals surface area contributed by atoms with Crippen LogP contribution in [0.4, 0.5) is 5.69 Å². The van der Waals surface area contributed by atoms with Crippen LogP contribution >= 0.6 is 11.6 Å². The monoisotopic (exact) mass is 562 g/mol. The molecule has 1 heterocycles. The highest BCUT2D eigenvalue weighted by Gasteiger charge is 2.19. The van der Waals surface area contributed by atoms with Crippen LogP contribution in [0.25, 0.3) is 5.69 Å². The number of sulfonamides is 1. The summed E-state index contributed by atoms with van der Waals surface area (Å²) in [5.41, 5.74) is 10.7. The van der Waals surface area contributed by atoms with Gasteiger partial charge in [0.2, 0.25) is 10.0 Å². The summed E-state index contributed by atoms with van der Waals surface area (Å²) in [6.45, 7) is 8.40. The van der Waals surface area contributed by atoms with E-state index in [4.69, 9.17) is 11.6 Å². The van der Waals surface area contributed by atoms with Crippen molar-refractivity contribution >= 4 is 39.4 Å². The molecule has 0 aliphatic heterocycles. The predicted octanol–water partition coefficient (Wildman–Crippen LogP) is 6.09. The van der Waals surface area contributed by atoms with Crippen LogP contribution in [-0.4, -0.2) is 31.4 Å². The lowest BCUT2D eigenvalue weighted by atomic mass is 10.1. The Kier molecular flexibility index (Phi) is 8.28. The lowest BCUT2D eigenvalue weighted by molar-refractivity contribution is 0.0955.